The molecule has 0 aliphatic carbocycles. The predicted octanol–water partition coefficient (Wildman–Crippen LogP) is 2.00. The molecule has 0 spiro atoms. The smallest absolute Gasteiger partial charge is 0.118 e. The van der Waals surface area contributed by atoms with Crippen molar-refractivity contribution in [3.05, 3.63) is 29.8 Å². The predicted molar refractivity (Wildman–Crippen MR) is 68.5 cm³/mol. The quantitative estimate of drug-likeness (QED) is 0.866. The molecule has 2 rings (SSSR count). The minimum Gasteiger partial charge on any atom is -0.497 e. The van der Waals surface area contributed by atoms with Crippen molar-refractivity contribution in [3.63, 3.8) is 0 Å². The van der Waals surface area contributed by atoms with Crippen molar-refractivity contribution in [2.75, 3.05) is 20.3 Å². The first kappa shape index (κ1) is 12.4. The first-order valence-corrected chi connectivity index (χ1v) is 6.26. The molecule has 1 fully saturated rings. The Balaban J connectivity index is 1.77. The number of benzene rings is 1. The van der Waals surface area contributed by atoms with Crippen LogP contribution < -0.4 is 10.1 Å². The molecule has 3 nitrogen and oxygen atoms in total. The van der Waals surface area contributed by atoms with Gasteiger partial charge in [0, 0.05) is 12.6 Å². The van der Waals surface area contributed by atoms with Gasteiger partial charge in [-0.3, -0.25) is 0 Å². The van der Waals surface area contributed by atoms with E-state index in [1.165, 1.54) is 5.56 Å². The van der Waals surface area contributed by atoms with E-state index in [2.05, 4.69) is 24.4 Å². The van der Waals surface area contributed by atoms with Crippen molar-refractivity contribution in [3.8, 4) is 5.75 Å². The molecule has 1 saturated heterocycles. The average molecular weight is 235 g/mol. The lowest BCUT2D eigenvalue weighted by Crippen LogP contribution is -2.45. The van der Waals surface area contributed by atoms with Crippen molar-refractivity contribution in [1.29, 1.82) is 0 Å². The number of rotatable bonds is 4. The first-order valence-electron chi connectivity index (χ1n) is 6.26. The van der Waals surface area contributed by atoms with E-state index in [1.807, 2.05) is 12.1 Å². The van der Waals surface area contributed by atoms with Crippen LogP contribution >= 0.6 is 0 Å². The zero-order valence-corrected chi connectivity index (χ0v) is 10.6. The van der Waals surface area contributed by atoms with E-state index in [0.29, 0.717) is 12.1 Å². The van der Waals surface area contributed by atoms with Crippen LogP contribution in [0.4, 0.5) is 0 Å². The van der Waals surface area contributed by atoms with Crippen molar-refractivity contribution < 1.29 is 9.47 Å². The second kappa shape index (κ2) is 6.03. The molecule has 94 valence electrons. The van der Waals surface area contributed by atoms with Gasteiger partial charge in [0.05, 0.1) is 19.8 Å². The maximum atomic E-state index is 5.63. The molecule has 1 aliphatic rings. The molecule has 0 amide bonds. The standard InChI is InChI=1S/C14H21NO2/c1-11-9-15-13(10-17-11)6-3-12-4-7-14(16-2)8-5-12/h4-5,7-8,11,13,15H,3,6,9-10H2,1-2H3. The molecule has 2 unspecified atom stereocenters. The van der Waals surface area contributed by atoms with E-state index in [9.17, 15) is 0 Å². The number of ether oxygens (including phenoxy) is 2. The summed E-state index contributed by atoms with van der Waals surface area (Å²) in [6.07, 6.45) is 2.56. The zero-order chi connectivity index (χ0) is 12.1. The van der Waals surface area contributed by atoms with Crippen LogP contribution in [0, 0.1) is 0 Å². The molecule has 1 aromatic rings. The highest BCUT2D eigenvalue weighted by Crippen LogP contribution is 2.14. The summed E-state index contributed by atoms with van der Waals surface area (Å²) in [5.41, 5.74) is 1.35. The monoisotopic (exact) mass is 235 g/mol. The minimum absolute atomic E-state index is 0.354. The van der Waals surface area contributed by atoms with Gasteiger partial charge in [0.15, 0.2) is 0 Å². The molecule has 17 heavy (non-hydrogen) atoms. The maximum absolute atomic E-state index is 5.63. The van der Waals surface area contributed by atoms with Crippen LogP contribution in [0.5, 0.6) is 5.75 Å². The Hall–Kier alpha value is -1.06. The highest BCUT2D eigenvalue weighted by atomic mass is 16.5. The molecule has 0 bridgehead atoms. The van der Waals surface area contributed by atoms with Gasteiger partial charge in [-0.2, -0.15) is 0 Å². The van der Waals surface area contributed by atoms with Gasteiger partial charge in [0.1, 0.15) is 5.75 Å². The Labute approximate surface area is 103 Å². The van der Waals surface area contributed by atoms with E-state index in [4.69, 9.17) is 9.47 Å². The third-order valence-corrected chi connectivity index (χ3v) is 3.22. The Bertz CT molecular complexity index is 329. The second-order valence-electron chi connectivity index (χ2n) is 4.64. The Morgan fingerprint density at radius 3 is 2.71 bits per heavy atom. The van der Waals surface area contributed by atoms with Crippen LogP contribution in [-0.2, 0) is 11.2 Å². The lowest BCUT2D eigenvalue weighted by molar-refractivity contribution is 0.0136. The summed E-state index contributed by atoms with van der Waals surface area (Å²) in [5, 5.41) is 3.51. The molecule has 0 saturated carbocycles. The number of morpholine rings is 1. The minimum atomic E-state index is 0.354. The van der Waals surface area contributed by atoms with Gasteiger partial charge in [-0.15, -0.1) is 0 Å². The van der Waals surface area contributed by atoms with Crippen molar-refractivity contribution in [2.45, 2.75) is 31.9 Å². The van der Waals surface area contributed by atoms with Crippen LogP contribution in [-0.4, -0.2) is 32.4 Å². The SMILES string of the molecule is COc1ccc(CCC2COC(C)CN2)cc1. The summed E-state index contributed by atoms with van der Waals surface area (Å²) in [5.74, 6) is 0.918. The largest absolute Gasteiger partial charge is 0.497 e. The molecule has 3 heteroatoms. The van der Waals surface area contributed by atoms with E-state index < -0.39 is 0 Å². The summed E-state index contributed by atoms with van der Waals surface area (Å²) < 4.78 is 10.8. The lowest BCUT2D eigenvalue weighted by atomic mass is 10.0. The molecule has 1 aromatic carbocycles. The maximum Gasteiger partial charge on any atom is 0.118 e. The molecule has 1 aliphatic heterocycles. The topological polar surface area (TPSA) is 30.5 Å². The molecule has 0 aromatic heterocycles. The fourth-order valence-corrected chi connectivity index (χ4v) is 2.05. The highest BCUT2D eigenvalue weighted by Gasteiger charge is 2.17. The van der Waals surface area contributed by atoms with Gasteiger partial charge in [0.25, 0.3) is 0 Å². The van der Waals surface area contributed by atoms with Gasteiger partial charge in [-0.1, -0.05) is 12.1 Å². The third-order valence-electron chi connectivity index (χ3n) is 3.22. The van der Waals surface area contributed by atoms with Crippen LogP contribution in [0.1, 0.15) is 18.9 Å². The van der Waals surface area contributed by atoms with Gasteiger partial charge in [-0.25, -0.2) is 0 Å². The summed E-state index contributed by atoms with van der Waals surface area (Å²) >= 11 is 0. The second-order valence-corrected chi connectivity index (χ2v) is 4.64. The number of methoxy groups -OCH3 is 1. The van der Waals surface area contributed by atoms with Crippen molar-refractivity contribution in [2.24, 2.45) is 0 Å². The highest BCUT2D eigenvalue weighted by molar-refractivity contribution is 5.27. The van der Waals surface area contributed by atoms with Gasteiger partial charge in [0.2, 0.25) is 0 Å². The molecule has 1 heterocycles. The van der Waals surface area contributed by atoms with Crippen LogP contribution in [0.2, 0.25) is 0 Å². The molecular formula is C14H21NO2. The van der Waals surface area contributed by atoms with E-state index in [0.717, 1.165) is 31.7 Å². The number of hydrogen-bond donors (Lipinski definition) is 1. The zero-order valence-electron chi connectivity index (χ0n) is 10.6. The van der Waals surface area contributed by atoms with Crippen LogP contribution in [0.15, 0.2) is 24.3 Å². The average Bonchev–Trinajstić information content (AvgIpc) is 2.39. The number of hydrogen-bond acceptors (Lipinski definition) is 3. The van der Waals surface area contributed by atoms with Gasteiger partial charge >= 0.3 is 0 Å². The Morgan fingerprint density at radius 2 is 2.12 bits per heavy atom. The number of nitrogens with one attached hydrogen (secondary N) is 1. The normalized spacial score (nSPS) is 24.6. The van der Waals surface area contributed by atoms with Crippen molar-refractivity contribution in [1.82, 2.24) is 5.32 Å². The molecular weight excluding hydrogens is 214 g/mol. The number of aryl methyl sites for hydroxylation is 1. The molecule has 0 radical (unpaired) electrons. The summed E-state index contributed by atoms with van der Waals surface area (Å²) in [6.45, 7) is 3.90. The van der Waals surface area contributed by atoms with E-state index >= 15 is 0 Å². The summed E-state index contributed by atoms with van der Waals surface area (Å²) in [7, 11) is 1.69. The van der Waals surface area contributed by atoms with Crippen LogP contribution in [0.3, 0.4) is 0 Å². The molecule has 1 N–H and O–H groups in total. The fraction of sp³-hybridized carbons (Fsp3) is 0.571. The van der Waals surface area contributed by atoms with E-state index in [1.54, 1.807) is 7.11 Å². The van der Waals surface area contributed by atoms with Crippen molar-refractivity contribution >= 4 is 0 Å². The third kappa shape index (κ3) is 3.72. The Kier molecular flexibility index (Phi) is 4.40. The van der Waals surface area contributed by atoms with Crippen LogP contribution in [0.25, 0.3) is 0 Å². The van der Waals surface area contributed by atoms with Gasteiger partial charge in [-0.05, 0) is 37.5 Å². The summed E-state index contributed by atoms with van der Waals surface area (Å²) in [4.78, 5) is 0. The van der Waals surface area contributed by atoms with E-state index in [-0.39, 0.29) is 0 Å². The Morgan fingerprint density at radius 1 is 1.35 bits per heavy atom. The summed E-state index contributed by atoms with van der Waals surface area (Å²) in [6, 6.07) is 8.79. The van der Waals surface area contributed by atoms with Gasteiger partial charge < -0.3 is 14.8 Å². The lowest BCUT2D eigenvalue weighted by Gasteiger charge is -2.28. The fourth-order valence-electron chi connectivity index (χ4n) is 2.05. The molecule has 2 atom stereocenters. The first-order chi connectivity index (χ1) is 8.28.